The Kier molecular flexibility index (Phi) is 7.74. The van der Waals surface area contributed by atoms with E-state index in [-0.39, 0.29) is 6.61 Å². The fourth-order valence-electron chi connectivity index (χ4n) is 0.720. The smallest absolute Gasteiger partial charge is 0.120 e. The van der Waals surface area contributed by atoms with Gasteiger partial charge in [0.05, 0.1) is 6.61 Å². The molecule has 0 saturated heterocycles. The van der Waals surface area contributed by atoms with E-state index in [0.717, 1.165) is 10.2 Å². The number of ether oxygens (including phenoxy) is 1. The van der Waals surface area contributed by atoms with Gasteiger partial charge in [-0.25, -0.2) is 0 Å². The van der Waals surface area contributed by atoms with Crippen LogP contribution < -0.4 is 4.74 Å². The van der Waals surface area contributed by atoms with Crippen LogP contribution in [0, 0.1) is 0 Å². The second kappa shape index (κ2) is 8.08. The zero-order valence-electron chi connectivity index (χ0n) is 7.96. The zero-order chi connectivity index (χ0) is 10.1. The van der Waals surface area contributed by atoms with Gasteiger partial charge in [-0.3, -0.25) is 0 Å². The molecule has 0 amide bonds. The maximum atomic E-state index is 8.46. The highest BCUT2D eigenvalue weighted by Gasteiger charge is 1.92. The molecule has 0 aliphatic heterocycles. The van der Waals surface area contributed by atoms with Gasteiger partial charge in [0.25, 0.3) is 0 Å². The summed E-state index contributed by atoms with van der Waals surface area (Å²) in [5.74, 6) is 0.772. The van der Waals surface area contributed by atoms with Crippen molar-refractivity contribution in [1.29, 1.82) is 0 Å². The third-order valence-electron chi connectivity index (χ3n) is 1.16. The van der Waals surface area contributed by atoms with E-state index in [2.05, 4.69) is 15.9 Å². The molecule has 0 aliphatic carbocycles. The van der Waals surface area contributed by atoms with Crippen molar-refractivity contribution < 1.29 is 9.84 Å². The van der Waals surface area contributed by atoms with Crippen LogP contribution in [0.3, 0.4) is 0 Å². The fourth-order valence-corrected chi connectivity index (χ4v) is 1.10. The van der Waals surface area contributed by atoms with Crippen LogP contribution in [0.25, 0.3) is 0 Å². The van der Waals surface area contributed by atoms with Crippen LogP contribution >= 0.6 is 15.9 Å². The van der Waals surface area contributed by atoms with Gasteiger partial charge in [0, 0.05) is 4.47 Å². The van der Waals surface area contributed by atoms with Crippen LogP contribution in [0.2, 0.25) is 0 Å². The van der Waals surface area contributed by atoms with Crippen molar-refractivity contribution in [3.63, 3.8) is 0 Å². The van der Waals surface area contributed by atoms with E-state index in [1.54, 1.807) is 0 Å². The first-order valence-corrected chi connectivity index (χ1v) is 5.11. The predicted octanol–water partition coefficient (Wildman–Crippen LogP) is 2.85. The summed E-state index contributed by atoms with van der Waals surface area (Å²) in [6, 6.07) is 7.51. The topological polar surface area (TPSA) is 29.5 Å². The molecular formula is C10H15BrO2. The molecule has 1 N–H and O–H groups in total. The molecule has 0 atom stereocenters. The maximum absolute atomic E-state index is 8.46. The lowest BCUT2D eigenvalue weighted by molar-refractivity contribution is 0.201. The number of aliphatic hydroxyl groups is 1. The molecule has 1 aromatic carbocycles. The van der Waals surface area contributed by atoms with E-state index in [0.29, 0.717) is 6.61 Å². The molecule has 0 spiro atoms. The van der Waals surface area contributed by atoms with Crippen molar-refractivity contribution in [3.05, 3.63) is 28.7 Å². The van der Waals surface area contributed by atoms with Gasteiger partial charge in [-0.15, -0.1) is 0 Å². The van der Waals surface area contributed by atoms with Gasteiger partial charge in [-0.2, -0.15) is 0 Å². The first kappa shape index (κ1) is 12.5. The van der Waals surface area contributed by atoms with Crippen LogP contribution in [0.5, 0.6) is 5.75 Å². The summed E-state index contributed by atoms with van der Waals surface area (Å²) in [5.41, 5.74) is 0. The number of halogens is 1. The normalized spacial score (nSPS) is 8.62. The highest BCUT2D eigenvalue weighted by molar-refractivity contribution is 9.10. The SMILES string of the molecule is CC.OCCOc1cccc(Br)c1. The molecule has 3 heteroatoms. The molecule has 0 saturated carbocycles. The first-order chi connectivity index (χ1) is 6.33. The van der Waals surface area contributed by atoms with Crippen LogP contribution in [-0.2, 0) is 0 Å². The molecule has 0 heterocycles. The molecule has 0 fully saturated rings. The molecule has 0 unspecified atom stereocenters. The van der Waals surface area contributed by atoms with Gasteiger partial charge in [0.1, 0.15) is 12.4 Å². The average molecular weight is 247 g/mol. The lowest BCUT2D eigenvalue weighted by Crippen LogP contribution is -2.01. The summed E-state index contributed by atoms with van der Waals surface area (Å²) >= 11 is 3.31. The minimum atomic E-state index is 0.0481. The third-order valence-corrected chi connectivity index (χ3v) is 1.65. The van der Waals surface area contributed by atoms with Crippen LogP contribution in [-0.4, -0.2) is 18.3 Å². The van der Waals surface area contributed by atoms with Crippen LogP contribution in [0.4, 0.5) is 0 Å². The standard InChI is InChI=1S/C8H9BrO2.C2H6/c9-7-2-1-3-8(6-7)11-5-4-10;1-2/h1-3,6,10H,4-5H2;1-2H3. The van der Waals surface area contributed by atoms with Gasteiger partial charge in [-0.1, -0.05) is 35.8 Å². The Labute approximate surface area is 87.7 Å². The van der Waals surface area contributed by atoms with E-state index in [1.807, 2.05) is 38.1 Å². The molecule has 13 heavy (non-hydrogen) atoms. The highest BCUT2D eigenvalue weighted by Crippen LogP contribution is 2.17. The quantitative estimate of drug-likeness (QED) is 0.889. The number of rotatable bonds is 3. The summed E-state index contributed by atoms with van der Waals surface area (Å²) in [6.07, 6.45) is 0. The lowest BCUT2D eigenvalue weighted by atomic mass is 10.3. The largest absolute Gasteiger partial charge is 0.491 e. The van der Waals surface area contributed by atoms with E-state index < -0.39 is 0 Å². The number of hydrogen-bond donors (Lipinski definition) is 1. The van der Waals surface area contributed by atoms with Crippen LogP contribution in [0.1, 0.15) is 13.8 Å². The van der Waals surface area contributed by atoms with Crippen molar-refractivity contribution in [2.24, 2.45) is 0 Å². The van der Waals surface area contributed by atoms with Gasteiger partial charge < -0.3 is 9.84 Å². The maximum Gasteiger partial charge on any atom is 0.120 e. The summed E-state index contributed by atoms with van der Waals surface area (Å²) in [5, 5.41) is 8.46. The zero-order valence-corrected chi connectivity index (χ0v) is 9.54. The van der Waals surface area contributed by atoms with Crippen molar-refractivity contribution in [3.8, 4) is 5.75 Å². The average Bonchev–Trinajstić information content (AvgIpc) is 2.18. The van der Waals surface area contributed by atoms with E-state index in [1.165, 1.54) is 0 Å². The predicted molar refractivity (Wildman–Crippen MR) is 58.1 cm³/mol. The minimum Gasteiger partial charge on any atom is -0.491 e. The van der Waals surface area contributed by atoms with Gasteiger partial charge in [0.2, 0.25) is 0 Å². The monoisotopic (exact) mass is 246 g/mol. The van der Waals surface area contributed by atoms with Gasteiger partial charge in [-0.05, 0) is 18.2 Å². The van der Waals surface area contributed by atoms with Gasteiger partial charge in [0.15, 0.2) is 0 Å². The highest BCUT2D eigenvalue weighted by atomic mass is 79.9. The van der Waals surface area contributed by atoms with E-state index in [4.69, 9.17) is 9.84 Å². The van der Waals surface area contributed by atoms with Crippen molar-refractivity contribution in [2.45, 2.75) is 13.8 Å². The first-order valence-electron chi connectivity index (χ1n) is 4.32. The second-order valence-corrected chi connectivity index (χ2v) is 2.95. The molecule has 0 aromatic heterocycles. The Hall–Kier alpha value is -0.540. The summed E-state index contributed by atoms with van der Waals surface area (Å²) in [4.78, 5) is 0. The van der Waals surface area contributed by atoms with Gasteiger partial charge >= 0.3 is 0 Å². The van der Waals surface area contributed by atoms with Crippen molar-refractivity contribution in [2.75, 3.05) is 13.2 Å². The summed E-state index contributed by atoms with van der Waals surface area (Å²) < 4.78 is 6.14. The Morgan fingerprint density at radius 3 is 2.62 bits per heavy atom. The lowest BCUT2D eigenvalue weighted by Gasteiger charge is -2.02. The van der Waals surface area contributed by atoms with E-state index in [9.17, 15) is 0 Å². The Morgan fingerprint density at radius 1 is 1.38 bits per heavy atom. The molecule has 2 nitrogen and oxygen atoms in total. The third kappa shape index (κ3) is 5.66. The molecule has 0 bridgehead atoms. The molecule has 0 aliphatic rings. The van der Waals surface area contributed by atoms with Crippen LogP contribution in [0.15, 0.2) is 28.7 Å². The fraction of sp³-hybridized carbons (Fsp3) is 0.400. The van der Waals surface area contributed by atoms with E-state index >= 15 is 0 Å². The molecule has 1 aromatic rings. The summed E-state index contributed by atoms with van der Waals surface area (Å²) in [6.45, 7) is 4.39. The Balaban J connectivity index is 0.000000671. The van der Waals surface area contributed by atoms with Crippen molar-refractivity contribution in [1.82, 2.24) is 0 Å². The Morgan fingerprint density at radius 2 is 2.08 bits per heavy atom. The Bertz CT molecular complexity index is 226. The molecule has 1 rings (SSSR count). The number of benzene rings is 1. The second-order valence-electron chi connectivity index (χ2n) is 2.03. The number of hydrogen-bond acceptors (Lipinski definition) is 2. The number of aliphatic hydroxyl groups excluding tert-OH is 1. The summed E-state index contributed by atoms with van der Waals surface area (Å²) in [7, 11) is 0. The molecule has 74 valence electrons. The van der Waals surface area contributed by atoms with Crippen molar-refractivity contribution >= 4 is 15.9 Å². The minimum absolute atomic E-state index is 0.0481. The molecule has 0 radical (unpaired) electrons. The molecular weight excluding hydrogens is 232 g/mol.